The van der Waals surface area contributed by atoms with Crippen LogP contribution >= 0.6 is 0 Å². The van der Waals surface area contributed by atoms with E-state index in [1.165, 1.54) is 43.8 Å². The number of benzene rings is 10. The number of methoxy groups -OCH3 is 3. The third-order valence-corrected chi connectivity index (χ3v) is 17.9. The van der Waals surface area contributed by atoms with Gasteiger partial charge in [0.2, 0.25) is 0 Å². The van der Waals surface area contributed by atoms with Gasteiger partial charge in [0.15, 0.2) is 11.5 Å². The van der Waals surface area contributed by atoms with Gasteiger partial charge in [0.05, 0.1) is 73.3 Å². The molecule has 0 unspecified atom stereocenters. The number of aromatic nitrogens is 3. The summed E-state index contributed by atoms with van der Waals surface area (Å²) in [7, 11) is 5.06. The zero-order chi connectivity index (χ0) is 58.6. The first-order chi connectivity index (χ1) is 39.4. The molecular formula is C75H75N3O5. The lowest BCUT2D eigenvalue weighted by molar-refractivity contribution is 0.260. The van der Waals surface area contributed by atoms with Gasteiger partial charge in [-0.2, -0.15) is 0 Å². The predicted molar refractivity (Wildman–Crippen MR) is 348 cm³/mol. The highest BCUT2D eigenvalue weighted by Gasteiger charge is 2.27. The Labute approximate surface area is 486 Å². The van der Waals surface area contributed by atoms with Gasteiger partial charge in [0.1, 0.15) is 5.75 Å². The van der Waals surface area contributed by atoms with Gasteiger partial charge in [-0.1, -0.05) is 119 Å². The summed E-state index contributed by atoms with van der Waals surface area (Å²) in [6, 6.07) is 54.5. The fraction of sp³-hybridized carbons (Fsp3) is 0.280. The fourth-order valence-electron chi connectivity index (χ4n) is 13.1. The Hall–Kier alpha value is -8.30. The van der Waals surface area contributed by atoms with Crippen LogP contribution in [0.1, 0.15) is 116 Å². The smallest absolute Gasteiger partial charge is 0.161 e. The normalized spacial score (nSPS) is 13.0. The zero-order valence-electron chi connectivity index (χ0n) is 50.7. The molecule has 0 aliphatic rings. The molecule has 13 aromatic rings. The first kappa shape index (κ1) is 54.0. The lowest BCUT2D eigenvalue weighted by atomic mass is 9.85. The molecule has 2 N–H and O–H groups in total. The summed E-state index contributed by atoms with van der Waals surface area (Å²) in [5.41, 5.74) is 15.9. The Morgan fingerprint density at radius 3 is 0.892 bits per heavy atom. The average Bonchev–Trinajstić information content (AvgIpc) is 2.98. The fourth-order valence-corrected chi connectivity index (χ4v) is 13.1. The molecule has 10 aromatic carbocycles. The second kappa shape index (κ2) is 18.9. The Bertz CT molecular complexity index is 4470. The molecule has 0 aliphatic carbocycles. The first-order valence-corrected chi connectivity index (χ1v) is 29.1. The summed E-state index contributed by atoms with van der Waals surface area (Å²) in [5.74, 6) is 1.88. The number of hydrogen-bond acceptors (Lipinski definition) is 5. The molecule has 0 saturated carbocycles. The molecule has 8 heteroatoms. The standard InChI is InChI=1S/C75H75N3O5/c1-72(2,3)44-16-24-62-58(30-44)59-31-45(73(4,5)6)17-25-63(59)76(62)48-20-22-50-51-23-21-49(77-64-26-18-46(74(7,8)9)32-60(64)61-33-47(75(10,11)12)19-27-65(61)77)35-67(51)78(66(50)34-48)68-36-54-52-28-42(40-79)43(41-80)29-53(52)56-38-70(82-14)71(83-15)39-57(56)55(54)37-69(68)81-13/h16-39,79-80H,40-41H2,1-15H3. The lowest BCUT2D eigenvalue weighted by Crippen LogP contribution is -2.10. The van der Waals surface area contributed by atoms with E-state index in [9.17, 15) is 10.2 Å². The van der Waals surface area contributed by atoms with Crippen molar-refractivity contribution in [3.8, 4) is 34.3 Å². The second-order valence-electron chi connectivity index (χ2n) is 27.1. The van der Waals surface area contributed by atoms with Crippen molar-refractivity contribution in [1.29, 1.82) is 0 Å². The van der Waals surface area contributed by atoms with Crippen LogP contribution in [0.25, 0.3) is 115 Å². The van der Waals surface area contributed by atoms with Crippen LogP contribution in [0.15, 0.2) is 146 Å². The summed E-state index contributed by atoms with van der Waals surface area (Å²) in [4.78, 5) is 0. The minimum atomic E-state index is -0.228. The van der Waals surface area contributed by atoms with Crippen LogP contribution in [-0.4, -0.2) is 45.2 Å². The van der Waals surface area contributed by atoms with Gasteiger partial charge in [0.25, 0.3) is 0 Å². The SMILES string of the molecule is COc1cc2c3cc(CO)c(CO)cc3c3cc(-n4c5cc(-n6c7ccc(C(C)(C)C)cc7c7cc(C(C)(C)C)ccc76)ccc5c5ccc(-n6c7ccc(C(C)(C)C)cc7c7cc(C(C)(C)C)ccc76)cc54)c(OC)cc3c2cc1OC. The van der Waals surface area contributed by atoms with E-state index < -0.39 is 0 Å². The maximum atomic E-state index is 10.9. The van der Waals surface area contributed by atoms with Gasteiger partial charge >= 0.3 is 0 Å². The number of hydrogen-bond donors (Lipinski definition) is 2. The molecule has 3 aromatic heterocycles. The molecule has 420 valence electrons. The van der Waals surface area contributed by atoms with Crippen molar-refractivity contribution in [1.82, 2.24) is 13.7 Å². The van der Waals surface area contributed by atoms with Crippen molar-refractivity contribution in [3.63, 3.8) is 0 Å². The summed E-state index contributed by atoms with van der Waals surface area (Å²) in [5, 5.41) is 34.3. The van der Waals surface area contributed by atoms with E-state index >= 15 is 0 Å². The van der Waals surface area contributed by atoms with E-state index in [0.29, 0.717) is 28.4 Å². The zero-order valence-corrected chi connectivity index (χ0v) is 50.7. The number of aliphatic hydroxyl groups excluding tert-OH is 2. The maximum absolute atomic E-state index is 10.9. The van der Waals surface area contributed by atoms with Crippen LogP contribution < -0.4 is 14.2 Å². The number of fused-ring (bicyclic) bond motifs is 15. The number of aliphatic hydroxyl groups is 2. The van der Waals surface area contributed by atoms with Crippen molar-refractivity contribution in [2.45, 2.75) is 118 Å². The number of nitrogens with zero attached hydrogens (tertiary/aromatic N) is 3. The van der Waals surface area contributed by atoms with E-state index in [-0.39, 0.29) is 34.9 Å². The molecule has 0 bridgehead atoms. The monoisotopic (exact) mass is 1100 g/mol. The highest BCUT2D eigenvalue weighted by molar-refractivity contribution is 6.27. The Morgan fingerprint density at radius 1 is 0.289 bits per heavy atom. The minimum absolute atomic E-state index is 0.0385. The molecule has 13 rings (SSSR count). The van der Waals surface area contributed by atoms with Gasteiger partial charge in [-0.05, 0) is 197 Å². The van der Waals surface area contributed by atoms with Crippen molar-refractivity contribution < 1.29 is 24.4 Å². The Morgan fingerprint density at radius 2 is 0.590 bits per heavy atom. The van der Waals surface area contributed by atoms with Gasteiger partial charge in [-0.25, -0.2) is 0 Å². The van der Waals surface area contributed by atoms with Crippen LogP contribution in [0.4, 0.5) is 0 Å². The summed E-state index contributed by atoms with van der Waals surface area (Å²) in [6.45, 7) is 27.0. The highest BCUT2D eigenvalue weighted by Crippen LogP contribution is 2.48. The summed E-state index contributed by atoms with van der Waals surface area (Å²) in [6.07, 6.45) is 0. The third kappa shape index (κ3) is 8.45. The predicted octanol–water partition coefficient (Wildman–Crippen LogP) is 18.6. The Balaban J connectivity index is 1.17. The highest BCUT2D eigenvalue weighted by atomic mass is 16.5. The van der Waals surface area contributed by atoms with Gasteiger partial charge in [-0.15, -0.1) is 0 Å². The molecule has 3 heterocycles. The molecule has 0 saturated heterocycles. The minimum Gasteiger partial charge on any atom is -0.495 e. The van der Waals surface area contributed by atoms with Gasteiger partial charge in [0, 0.05) is 43.7 Å². The quantitative estimate of drug-likeness (QED) is 0.148. The average molecular weight is 1100 g/mol. The second-order valence-corrected chi connectivity index (χ2v) is 27.1. The summed E-state index contributed by atoms with van der Waals surface area (Å²) < 4.78 is 25.8. The van der Waals surface area contributed by atoms with E-state index in [4.69, 9.17) is 14.2 Å². The molecule has 8 nitrogen and oxygen atoms in total. The lowest BCUT2D eigenvalue weighted by Gasteiger charge is -2.20. The van der Waals surface area contributed by atoms with E-state index in [1.54, 1.807) is 21.3 Å². The van der Waals surface area contributed by atoms with Crippen LogP contribution in [0.3, 0.4) is 0 Å². The first-order valence-electron chi connectivity index (χ1n) is 29.1. The molecule has 0 radical (unpaired) electrons. The molecule has 0 atom stereocenters. The van der Waals surface area contributed by atoms with Crippen molar-refractivity contribution in [2.24, 2.45) is 0 Å². The van der Waals surface area contributed by atoms with E-state index in [0.717, 1.165) is 93.3 Å². The van der Waals surface area contributed by atoms with E-state index in [2.05, 4.69) is 218 Å². The van der Waals surface area contributed by atoms with Gasteiger partial charge < -0.3 is 38.1 Å². The van der Waals surface area contributed by atoms with Crippen LogP contribution in [0.5, 0.6) is 17.2 Å². The van der Waals surface area contributed by atoms with Crippen molar-refractivity contribution in [3.05, 3.63) is 179 Å². The van der Waals surface area contributed by atoms with Crippen molar-refractivity contribution in [2.75, 3.05) is 21.3 Å². The van der Waals surface area contributed by atoms with E-state index in [1.807, 2.05) is 24.3 Å². The number of rotatable bonds is 8. The van der Waals surface area contributed by atoms with Crippen molar-refractivity contribution >= 4 is 97.7 Å². The molecule has 0 fully saturated rings. The topological polar surface area (TPSA) is 82.9 Å². The van der Waals surface area contributed by atoms with Crippen LogP contribution in [-0.2, 0) is 34.9 Å². The molecule has 0 spiro atoms. The van der Waals surface area contributed by atoms with Crippen LogP contribution in [0.2, 0.25) is 0 Å². The molecule has 83 heavy (non-hydrogen) atoms. The maximum Gasteiger partial charge on any atom is 0.161 e. The Kier molecular flexibility index (Phi) is 12.3. The summed E-state index contributed by atoms with van der Waals surface area (Å²) >= 11 is 0. The largest absolute Gasteiger partial charge is 0.495 e. The third-order valence-electron chi connectivity index (χ3n) is 17.9. The number of ether oxygens (including phenoxy) is 3. The molecule has 0 amide bonds. The van der Waals surface area contributed by atoms with Gasteiger partial charge in [-0.3, -0.25) is 0 Å². The van der Waals surface area contributed by atoms with Crippen LogP contribution in [0, 0.1) is 0 Å². The molecule has 0 aliphatic heterocycles. The molecular weight excluding hydrogens is 1020 g/mol.